The zero-order valence-electron chi connectivity index (χ0n) is 14.1. The molecule has 2 atom stereocenters. The lowest BCUT2D eigenvalue weighted by atomic mass is 9.67. The predicted octanol–water partition coefficient (Wildman–Crippen LogP) is 2.24. The van der Waals surface area contributed by atoms with Gasteiger partial charge in [-0.3, -0.25) is 4.79 Å². The lowest BCUT2D eigenvalue weighted by Gasteiger charge is -2.37. The predicted molar refractivity (Wildman–Crippen MR) is 91.2 cm³/mol. The van der Waals surface area contributed by atoms with E-state index in [1.165, 1.54) is 12.8 Å². The Bertz CT molecular complexity index is 619. The van der Waals surface area contributed by atoms with Gasteiger partial charge < -0.3 is 20.1 Å². The molecule has 1 aromatic carbocycles. The zero-order chi connectivity index (χ0) is 16.4. The van der Waals surface area contributed by atoms with Gasteiger partial charge in [-0.2, -0.15) is 0 Å². The molecular formula is C19H26N2O3. The SMILES string of the molecule is O=C(NCc1ccc2c(c1)OCCCO2)[C@@]12CCCC[C@H]1CNC2. The first-order chi connectivity index (χ1) is 11.8. The highest BCUT2D eigenvalue weighted by Gasteiger charge is 2.49. The molecule has 1 amide bonds. The first kappa shape index (κ1) is 15.8. The van der Waals surface area contributed by atoms with Gasteiger partial charge in [-0.15, -0.1) is 0 Å². The normalized spacial score (nSPS) is 28.8. The monoisotopic (exact) mass is 330 g/mol. The molecule has 0 spiro atoms. The number of carbonyl (C=O) groups excluding carboxylic acids is 1. The Hall–Kier alpha value is -1.75. The number of hydrogen-bond donors (Lipinski definition) is 2. The van der Waals surface area contributed by atoms with Crippen molar-refractivity contribution in [2.24, 2.45) is 11.3 Å². The van der Waals surface area contributed by atoms with Gasteiger partial charge in [0, 0.05) is 19.5 Å². The Morgan fingerprint density at radius 1 is 1.21 bits per heavy atom. The minimum atomic E-state index is -0.191. The molecule has 0 unspecified atom stereocenters. The van der Waals surface area contributed by atoms with Crippen LogP contribution in [0, 0.1) is 11.3 Å². The summed E-state index contributed by atoms with van der Waals surface area (Å²) < 4.78 is 11.4. The second kappa shape index (κ2) is 6.63. The first-order valence-electron chi connectivity index (χ1n) is 9.15. The van der Waals surface area contributed by atoms with Gasteiger partial charge >= 0.3 is 0 Å². The van der Waals surface area contributed by atoms with Crippen LogP contribution in [0.25, 0.3) is 0 Å². The van der Waals surface area contributed by atoms with Gasteiger partial charge in [-0.1, -0.05) is 18.9 Å². The van der Waals surface area contributed by atoms with E-state index in [0.29, 0.717) is 25.7 Å². The van der Waals surface area contributed by atoms with Crippen LogP contribution in [0.2, 0.25) is 0 Å². The summed E-state index contributed by atoms with van der Waals surface area (Å²) in [6.45, 7) is 3.73. The summed E-state index contributed by atoms with van der Waals surface area (Å²) in [5.41, 5.74) is 0.867. The number of nitrogens with one attached hydrogen (secondary N) is 2. The molecule has 1 saturated carbocycles. The Morgan fingerprint density at radius 2 is 2.08 bits per heavy atom. The van der Waals surface area contributed by atoms with E-state index in [4.69, 9.17) is 9.47 Å². The van der Waals surface area contributed by atoms with E-state index in [-0.39, 0.29) is 11.3 Å². The molecule has 1 aliphatic carbocycles. The van der Waals surface area contributed by atoms with Crippen molar-refractivity contribution in [2.75, 3.05) is 26.3 Å². The van der Waals surface area contributed by atoms with E-state index in [2.05, 4.69) is 10.6 Å². The highest BCUT2D eigenvalue weighted by molar-refractivity contribution is 5.83. The van der Waals surface area contributed by atoms with Crippen molar-refractivity contribution in [3.63, 3.8) is 0 Å². The van der Waals surface area contributed by atoms with E-state index in [1.54, 1.807) is 0 Å². The number of hydrogen-bond acceptors (Lipinski definition) is 4. The van der Waals surface area contributed by atoms with E-state index in [9.17, 15) is 4.79 Å². The number of benzene rings is 1. The van der Waals surface area contributed by atoms with Gasteiger partial charge in [-0.25, -0.2) is 0 Å². The fourth-order valence-corrected chi connectivity index (χ4v) is 4.37. The molecule has 0 radical (unpaired) electrons. The van der Waals surface area contributed by atoms with Crippen LogP contribution in [0.3, 0.4) is 0 Å². The summed E-state index contributed by atoms with van der Waals surface area (Å²) in [5.74, 6) is 2.29. The summed E-state index contributed by atoms with van der Waals surface area (Å²) in [7, 11) is 0. The van der Waals surface area contributed by atoms with Crippen LogP contribution in [0.4, 0.5) is 0 Å². The third-order valence-electron chi connectivity index (χ3n) is 5.76. The standard InChI is InChI=1S/C19H26N2O3/c22-18(19-7-2-1-4-15(19)12-20-13-19)21-11-14-5-6-16-17(10-14)24-9-3-8-23-16/h5-6,10,15,20H,1-4,7-9,11-13H2,(H,21,22)/t15-,19+/m0/s1. The molecule has 1 saturated heterocycles. The van der Waals surface area contributed by atoms with Crippen LogP contribution in [-0.4, -0.2) is 32.2 Å². The minimum Gasteiger partial charge on any atom is -0.490 e. The number of rotatable bonds is 3. The van der Waals surface area contributed by atoms with Crippen molar-refractivity contribution < 1.29 is 14.3 Å². The molecule has 0 aromatic heterocycles. The molecule has 2 fully saturated rings. The zero-order valence-corrected chi connectivity index (χ0v) is 14.1. The maximum absolute atomic E-state index is 12.9. The summed E-state index contributed by atoms with van der Waals surface area (Å²) in [5, 5.41) is 6.61. The lowest BCUT2D eigenvalue weighted by Crippen LogP contribution is -2.47. The Balaban J connectivity index is 1.43. The van der Waals surface area contributed by atoms with Gasteiger partial charge in [0.25, 0.3) is 0 Å². The summed E-state index contributed by atoms with van der Waals surface area (Å²) in [6.07, 6.45) is 5.50. The van der Waals surface area contributed by atoms with Crippen LogP contribution in [0.5, 0.6) is 11.5 Å². The molecule has 2 aliphatic heterocycles. The van der Waals surface area contributed by atoms with E-state index < -0.39 is 0 Å². The van der Waals surface area contributed by atoms with Gasteiger partial charge in [0.05, 0.1) is 18.6 Å². The average Bonchev–Trinajstić information content (AvgIpc) is 2.92. The maximum Gasteiger partial charge on any atom is 0.228 e. The van der Waals surface area contributed by atoms with Gasteiger partial charge in [-0.05, 0) is 43.0 Å². The van der Waals surface area contributed by atoms with Crippen molar-refractivity contribution in [3.05, 3.63) is 23.8 Å². The molecule has 3 aliphatic rings. The van der Waals surface area contributed by atoms with Crippen LogP contribution < -0.4 is 20.1 Å². The van der Waals surface area contributed by atoms with Gasteiger partial charge in [0.2, 0.25) is 5.91 Å². The van der Waals surface area contributed by atoms with Crippen LogP contribution in [0.1, 0.15) is 37.7 Å². The molecule has 5 nitrogen and oxygen atoms in total. The molecule has 130 valence electrons. The van der Waals surface area contributed by atoms with Crippen LogP contribution in [-0.2, 0) is 11.3 Å². The molecule has 24 heavy (non-hydrogen) atoms. The molecule has 1 aromatic rings. The fraction of sp³-hybridized carbons (Fsp3) is 0.632. The van der Waals surface area contributed by atoms with Crippen molar-refractivity contribution in [3.8, 4) is 11.5 Å². The molecule has 5 heteroatoms. The molecule has 0 bridgehead atoms. The second-order valence-corrected chi connectivity index (χ2v) is 7.24. The van der Waals surface area contributed by atoms with Crippen LogP contribution >= 0.6 is 0 Å². The third-order valence-corrected chi connectivity index (χ3v) is 5.76. The largest absolute Gasteiger partial charge is 0.490 e. The fourth-order valence-electron chi connectivity index (χ4n) is 4.37. The molecular weight excluding hydrogens is 304 g/mol. The quantitative estimate of drug-likeness (QED) is 0.892. The maximum atomic E-state index is 12.9. The third kappa shape index (κ3) is 2.86. The average molecular weight is 330 g/mol. The number of carbonyl (C=O) groups is 1. The second-order valence-electron chi connectivity index (χ2n) is 7.24. The Kier molecular flexibility index (Phi) is 4.35. The summed E-state index contributed by atoms with van der Waals surface area (Å²) in [4.78, 5) is 12.9. The number of fused-ring (bicyclic) bond motifs is 2. The molecule has 4 rings (SSSR count). The van der Waals surface area contributed by atoms with Crippen LogP contribution in [0.15, 0.2) is 18.2 Å². The van der Waals surface area contributed by atoms with Gasteiger partial charge in [0.1, 0.15) is 0 Å². The van der Waals surface area contributed by atoms with Crippen molar-refractivity contribution >= 4 is 5.91 Å². The first-order valence-corrected chi connectivity index (χ1v) is 9.15. The van der Waals surface area contributed by atoms with Crippen molar-refractivity contribution in [1.29, 1.82) is 0 Å². The number of ether oxygens (including phenoxy) is 2. The van der Waals surface area contributed by atoms with Gasteiger partial charge in [0.15, 0.2) is 11.5 Å². The molecule has 2 N–H and O–H groups in total. The highest BCUT2D eigenvalue weighted by Crippen LogP contribution is 2.44. The smallest absolute Gasteiger partial charge is 0.228 e. The van der Waals surface area contributed by atoms with E-state index >= 15 is 0 Å². The minimum absolute atomic E-state index is 0.191. The highest BCUT2D eigenvalue weighted by atomic mass is 16.5. The van der Waals surface area contributed by atoms with Crippen molar-refractivity contribution in [2.45, 2.75) is 38.6 Å². The Labute approximate surface area is 143 Å². The summed E-state index contributed by atoms with van der Waals surface area (Å²) in [6, 6.07) is 5.95. The topological polar surface area (TPSA) is 59.6 Å². The van der Waals surface area contributed by atoms with E-state index in [1.807, 2.05) is 18.2 Å². The van der Waals surface area contributed by atoms with E-state index in [0.717, 1.165) is 49.4 Å². The lowest BCUT2D eigenvalue weighted by molar-refractivity contribution is -0.134. The molecule has 2 heterocycles. The Morgan fingerprint density at radius 3 is 3.00 bits per heavy atom. The number of amides is 1. The van der Waals surface area contributed by atoms with Crippen molar-refractivity contribution in [1.82, 2.24) is 10.6 Å². The summed E-state index contributed by atoms with van der Waals surface area (Å²) >= 11 is 0.